The quantitative estimate of drug-likeness (QED) is 0.102. The van der Waals surface area contributed by atoms with Crippen LogP contribution in [0.1, 0.15) is 76.2 Å². The summed E-state index contributed by atoms with van der Waals surface area (Å²) in [5.41, 5.74) is -0.680. The lowest BCUT2D eigenvalue weighted by Gasteiger charge is -2.38. The van der Waals surface area contributed by atoms with E-state index in [9.17, 15) is 39.9 Å². The molecule has 55 heavy (non-hydrogen) atoms. The van der Waals surface area contributed by atoms with Gasteiger partial charge in [0.2, 0.25) is 0 Å². The number of rotatable bonds is 5. The fraction of sp³-hybridized carbons (Fsp3) is 0.525. The summed E-state index contributed by atoms with van der Waals surface area (Å²) in [4.78, 5) is 40.1. The molecule has 9 atom stereocenters. The van der Waals surface area contributed by atoms with E-state index in [4.69, 9.17) is 28.4 Å². The molecule has 0 fully saturated rings. The van der Waals surface area contributed by atoms with E-state index in [0.29, 0.717) is 0 Å². The van der Waals surface area contributed by atoms with Crippen molar-refractivity contribution in [2.24, 2.45) is 23.7 Å². The van der Waals surface area contributed by atoms with Crippen molar-refractivity contribution in [3.8, 4) is 23.0 Å². The molecule has 3 aliphatic heterocycles. The van der Waals surface area contributed by atoms with Crippen molar-refractivity contribution in [1.29, 1.82) is 0 Å². The van der Waals surface area contributed by atoms with E-state index in [-0.39, 0.29) is 44.5 Å². The predicted molar refractivity (Wildman–Crippen MR) is 201 cm³/mol. The van der Waals surface area contributed by atoms with Crippen LogP contribution in [-0.4, -0.2) is 94.7 Å². The number of aromatic hydroxyl groups is 3. The highest BCUT2D eigenvalue weighted by atomic mass is 16.7. The largest absolute Gasteiger partial charge is 0.507 e. The summed E-state index contributed by atoms with van der Waals surface area (Å²) in [6.07, 6.45) is 2.02. The number of carbonyl (C=O) groups excluding carboxylic acids is 3. The number of allylic oxidation sites excluding steroid dienone is 2. The summed E-state index contributed by atoms with van der Waals surface area (Å²) in [5, 5.41) is 59.7. The Kier molecular flexibility index (Phi) is 13.3. The fourth-order valence-corrected chi connectivity index (χ4v) is 7.31. The number of amides is 1. The fourth-order valence-electron chi connectivity index (χ4n) is 7.31. The lowest BCUT2D eigenvalue weighted by molar-refractivity contribution is -0.160. The molecule has 0 aromatic heterocycles. The molecule has 5 bridgehead atoms. The Balaban J connectivity index is 1.98. The molecule has 0 radical (unpaired) electrons. The SMILES string of the molecule is COC(OC)c1c2c(O)c3c(O)c(C)c4c(c3c1O)C(=O)C(C)(O/C=C/C(OC)C(C)C(OC(C)=O)C(C)C(O)C(C)C(O)C(C)/C=C/C=C(/C)C(=O)N2)O4. The highest BCUT2D eigenvalue weighted by molar-refractivity contribution is 6.22. The molecule has 302 valence electrons. The highest BCUT2D eigenvalue weighted by Gasteiger charge is 2.50. The van der Waals surface area contributed by atoms with Crippen LogP contribution in [0.2, 0.25) is 0 Å². The van der Waals surface area contributed by atoms with Crippen LogP contribution in [0, 0.1) is 30.6 Å². The second kappa shape index (κ2) is 17.0. The average molecular weight is 772 g/mol. The highest BCUT2D eigenvalue weighted by Crippen LogP contribution is 2.56. The van der Waals surface area contributed by atoms with Crippen molar-refractivity contribution >= 4 is 34.1 Å². The number of phenolic OH excluding ortho intramolecular Hbond substituents is 3. The van der Waals surface area contributed by atoms with Gasteiger partial charge in [0, 0.05) is 75.4 Å². The summed E-state index contributed by atoms with van der Waals surface area (Å²) < 4.78 is 34.3. The van der Waals surface area contributed by atoms with Gasteiger partial charge in [-0.1, -0.05) is 45.9 Å². The van der Waals surface area contributed by atoms with Crippen LogP contribution in [0.4, 0.5) is 5.69 Å². The number of phenols is 3. The molecular weight excluding hydrogens is 718 g/mol. The van der Waals surface area contributed by atoms with Gasteiger partial charge in [-0.2, -0.15) is 0 Å². The minimum Gasteiger partial charge on any atom is -0.507 e. The molecule has 1 amide bonds. The number of aliphatic hydroxyl groups is 2. The summed E-state index contributed by atoms with van der Waals surface area (Å²) in [6, 6.07) is 0. The average Bonchev–Trinajstić information content (AvgIpc) is 3.41. The molecule has 15 nitrogen and oxygen atoms in total. The standard InChI is InChI=1S/C40H53NO14/c1-17-13-12-14-18(2)38(49)41-29-28(39(51-10)52-11)33(46)25-26(34(29)47)32(45)22(6)36-27(25)37(48)40(8,55-36)53-16-15-24(50-9)19(3)35(54-23(7)42)21(5)31(44)20(4)30(17)43/h12-17,19-21,24,30-31,35,39,43-47H,1-11H3,(H,41,49)/b13-12+,16-15+,18-14-. The molecule has 15 heteroatoms. The normalized spacial score (nSPS) is 31.4. The number of Topliss-reactive ketones (excluding diaryl/α,β-unsaturated/α-hetero) is 1. The maximum Gasteiger partial charge on any atom is 0.312 e. The van der Waals surface area contributed by atoms with Crippen molar-refractivity contribution in [3.05, 3.63) is 52.8 Å². The maximum absolute atomic E-state index is 14.3. The second-order valence-electron chi connectivity index (χ2n) is 14.4. The number of aliphatic hydroxyl groups excluding tert-OH is 2. The van der Waals surface area contributed by atoms with Crippen molar-refractivity contribution in [2.45, 2.75) is 91.9 Å². The Morgan fingerprint density at radius 3 is 2.11 bits per heavy atom. The molecule has 9 unspecified atom stereocenters. The Labute approximate surface area is 320 Å². The van der Waals surface area contributed by atoms with E-state index < -0.39 is 95.1 Å². The van der Waals surface area contributed by atoms with E-state index in [2.05, 4.69) is 5.32 Å². The number of carbonyl (C=O) groups is 3. The van der Waals surface area contributed by atoms with E-state index in [0.717, 1.165) is 0 Å². The number of hydrogen-bond acceptors (Lipinski definition) is 14. The zero-order valence-electron chi connectivity index (χ0n) is 33.0. The van der Waals surface area contributed by atoms with Gasteiger partial charge in [0.25, 0.3) is 11.7 Å². The van der Waals surface area contributed by atoms with Gasteiger partial charge < -0.3 is 59.3 Å². The first-order chi connectivity index (χ1) is 25.8. The van der Waals surface area contributed by atoms with E-state index in [1.807, 2.05) is 0 Å². The first-order valence-electron chi connectivity index (χ1n) is 17.9. The molecule has 0 saturated carbocycles. The Morgan fingerprint density at radius 1 is 0.891 bits per heavy atom. The third-order valence-corrected chi connectivity index (χ3v) is 10.7. The molecule has 6 N–H and O–H groups in total. The number of ether oxygens (including phenoxy) is 6. The van der Waals surface area contributed by atoms with Gasteiger partial charge in [-0.05, 0) is 19.9 Å². The minimum atomic E-state index is -2.06. The van der Waals surface area contributed by atoms with E-state index in [1.165, 1.54) is 67.4 Å². The van der Waals surface area contributed by atoms with Gasteiger partial charge in [-0.25, -0.2) is 0 Å². The van der Waals surface area contributed by atoms with Gasteiger partial charge in [0.15, 0.2) is 12.0 Å². The van der Waals surface area contributed by atoms with Gasteiger partial charge in [-0.3, -0.25) is 14.4 Å². The molecule has 0 saturated heterocycles. The smallest absolute Gasteiger partial charge is 0.312 e. The number of fused-ring (bicyclic) bond motifs is 14. The van der Waals surface area contributed by atoms with Crippen molar-refractivity contribution in [2.75, 3.05) is 26.6 Å². The van der Waals surface area contributed by atoms with E-state index >= 15 is 0 Å². The number of nitrogens with one attached hydrogen (secondary N) is 1. The first kappa shape index (κ1) is 43.1. The Hall–Kier alpha value is -4.67. The monoisotopic (exact) mass is 771 g/mol. The molecule has 0 spiro atoms. The van der Waals surface area contributed by atoms with Crippen molar-refractivity contribution in [1.82, 2.24) is 0 Å². The topological polar surface area (TPSA) is 220 Å². The zero-order chi connectivity index (χ0) is 41.3. The van der Waals surface area contributed by atoms with Crippen LogP contribution in [0.25, 0.3) is 10.8 Å². The lowest BCUT2D eigenvalue weighted by Crippen LogP contribution is -2.46. The Bertz CT molecular complexity index is 1900. The van der Waals surface area contributed by atoms with Crippen LogP contribution in [-0.2, 0) is 33.3 Å². The Morgan fingerprint density at radius 2 is 1.53 bits per heavy atom. The van der Waals surface area contributed by atoms with Crippen LogP contribution in [0.15, 0.2) is 36.1 Å². The van der Waals surface area contributed by atoms with Gasteiger partial charge in [0.05, 0.1) is 46.8 Å². The van der Waals surface area contributed by atoms with Gasteiger partial charge >= 0.3 is 11.8 Å². The van der Waals surface area contributed by atoms with E-state index in [1.54, 1.807) is 39.8 Å². The van der Waals surface area contributed by atoms with Gasteiger partial charge in [0.1, 0.15) is 23.4 Å². The van der Waals surface area contributed by atoms with Crippen molar-refractivity contribution in [3.63, 3.8) is 0 Å². The molecule has 2 aromatic carbocycles. The van der Waals surface area contributed by atoms with Crippen LogP contribution in [0.5, 0.6) is 23.0 Å². The summed E-state index contributed by atoms with van der Waals surface area (Å²) in [5.74, 6) is -8.72. The van der Waals surface area contributed by atoms with Crippen molar-refractivity contribution < 1.29 is 68.3 Å². The summed E-state index contributed by atoms with van der Waals surface area (Å²) in [7, 11) is 3.94. The number of benzene rings is 2. The maximum atomic E-state index is 14.3. The third-order valence-electron chi connectivity index (χ3n) is 10.7. The lowest BCUT2D eigenvalue weighted by atomic mass is 9.78. The first-order valence-corrected chi connectivity index (χ1v) is 17.9. The molecule has 3 aliphatic rings. The molecular formula is C40H53NO14. The predicted octanol–water partition coefficient (Wildman–Crippen LogP) is 5.05. The third kappa shape index (κ3) is 8.03. The van der Waals surface area contributed by atoms with Crippen LogP contribution in [0.3, 0.4) is 0 Å². The second-order valence-corrected chi connectivity index (χ2v) is 14.4. The minimum absolute atomic E-state index is 0.0272. The van der Waals surface area contributed by atoms with Crippen LogP contribution >= 0.6 is 0 Å². The molecule has 3 heterocycles. The van der Waals surface area contributed by atoms with Crippen LogP contribution < -0.4 is 10.1 Å². The van der Waals surface area contributed by atoms with Gasteiger partial charge in [-0.15, -0.1) is 0 Å². The number of esters is 1. The molecule has 0 aliphatic carbocycles. The summed E-state index contributed by atoms with van der Waals surface area (Å²) in [6.45, 7) is 12.4. The molecule has 5 rings (SSSR count). The number of hydrogen-bond donors (Lipinski definition) is 6. The zero-order valence-corrected chi connectivity index (χ0v) is 33.0. The molecule has 2 aromatic rings. The number of anilines is 1. The number of methoxy groups -OCH3 is 3. The number of ketones is 1. The summed E-state index contributed by atoms with van der Waals surface area (Å²) >= 11 is 0.